The molecule has 0 radical (unpaired) electrons. The average molecular weight is 203 g/mol. The van der Waals surface area contributed by atoms with Crippen LogP contribution in [0, 0.1) is 5.41 Å². The molecule has 0 aliphatic rings. The fourth-order valence-corrected chi connectivity index (χ4v) is 1.72. The van der Waals surface area contributed by atoms with E-state index in [1.165, 1.54) is 0 Å². The van der Waals surface area contributed by atoms with Crippen molar-refractivity contribution in [1.29, 1.82) is 0 Å². The number of oxazole rings is 1. The van der Waals surface area contributed by atoms with Crippen LogP contribution in [-0.2, 0) is 0 Å². The monoisotopic (exact) mass is 203 g/mol. The van der Waals surface area contributed by atoms with Gasteiger partial charge in [-0.3, -0.25) is 0 Å². The zero-order chi connectivity index (χ0) is 9.03. The van der Waals surface area contributed by atoms with Crippen molar-refractivity contribution in [2.24, 2.45) is 5.41 Å². The first-order valence-electron chi connectivity index (χ1n) is 3.77. The lowest BCUT2D eigenvalue weighted by molar-refractivity contribution is 0.447. The van der Waals surface area contributed by atoms with Gasteiger partial charge in [-0.1, -0.05) is 25.6 Å². The Morgan fingerprint density at radius 1 is 1.67 bits per heavy atom. The first-order valence-corrected chi connectivity index (χ1v) is 5.39. The number of rotatable bonds is 4. The van der Waals surface area contributed by atoms with Gasteiger partial charge in [0.05, 0.1) is 6.20 Å². The van der Waals surface area contributed by atoms with Gasteiger partial charge < -0.3 is 4.42 Å². The first kappa shape index (κ1) is 9.99. The third-order valence-corrected chi connectivity index (χ3v) is 3.65. The highest BCUT2D eigenvalue weighted by molar-refractivity contribution is 7.99. The molecule has 0 spiro atoms. The lowest BCUT2D eigenvalue weighted by atomic mass is 10.0. The van der Waals surface area contributed by atoms with Crippen molar-refractivity contribution >= 4 is 24.4 Å². The van der Waals surface area contributed by atoms with Crippen LogP contribution in [0.4, 0.5) is 0 Å². The molecule has 0 saturated carbocycles. The van der Waals surface area contributed by atoms with Gasteiger partial charge >= 0.3 is 0 Å². The molecule has 0 bridgehead atoms. The molecule has 0 unspecified atom stereocenters. The van der Waals surface area contributed by atoms with E-state index in [-0.39, 0.29) is 5.41 Å². The highest BCUT2D eigenvalue weighted by atomic mass is 32.2. The molecule has 4 heteroatoms. The minimum absolute atomic E-state index is 0.238. The fourth-order valence-electron chi connectivity index (χ4n) is 0.584. The molecule has 68 valence electrons. The molecule has 12 heavy (non-hydrogen) atoms. The summed E-state index contributed by atoms with van der Waals surface area (Å²) in [5, 5.41) is 0.741. The lowest BCUT2D eigenvalue weighted by Crippen LogP contribution is -2.16. The van der Waals surface area contributed by atoms with Crippen LogP contribution in [0.2, 0.25) is 0 Å². The predicted molar refractivity (Wildman–Crippen MR) is 54.9 cm³/mol. The summed E-state index contributed by atoms with van der Waals surface area (Å²) in [6.45, 7) is 4.35. The maximum atomic E-state index is 5.10. The number of hydrogen-bond acceptors (Lipinski definition) is 4. The Balaban J connectivity index is 2.36. The van der Waals surface area contributed by atoms with Gasteiger partial charge in [-0.05, 0) is 11.2 Å². The average Bonchev–Trinajstić information content (AvgIpc) is 2.53. The van der Waals surface area contributed by atoms with E-state index >= 15 is 0 Å². The van der Waals surface area contributed by atoms with E-state index in [0.29, 0.717) is 0 Å². The van der Waals surface area contributed by atoms with Crippen LogP contribution in [0.25, 0.3) is 0 Å². The number of hydrogen-bond donors (Lipinski definition) is 1. The summed E-state index contributed by atoms with van der Waals surface area (Å²) in [6, 6.07) is 0. The van der Waals surface area contributed by atoms with Crippen LogP contribution in [0.5, 0.6) is 0 Å². The largest absolute Gasteiger partial charge is 0.440 e. The normalized spacial score (nSPS) is 11.9. The van der Waals surface area contributed by atoms with E-state index in [4.69, 9.17) is 4.42 Å². The molecule has 0 aliphatic heterocycles. The number of nitrogens with zero attached hydrogens (tertiary/aromatic N) is 1. The third kappa shape index (κ3) is 3.11. The topological polar surface area (TPSA) is 26.0 Å². The zero-order valence-corrected chi connectivity index (χ0v) is 8.99. The summed E-state index contributed by atoms with van der Waals surface area (Å²) < 4.78 is 5.10. The SMILES string of the molecule is CC(C)(CS)CSc1ncco1. The van der Waals surface area contributed by atoms with Crippen LogP contribution < -0.4 is 0 Å². The molecule has 0 aliphatic carbocycles. The summed E-state index contributed by atoms with van der Waals surface area (Å²) in [5.41, 5.74) is 0.238. The van der Waals surface area contributed by atoms with Crippen molar-refractivity contribution in [3.05, 3.63) is 12.5 Å². The fraction of sp³-hybridized carbons (Fsp3) is 0.625. The van der Waals surface area contributed by atoms with Crippen LogP contribution in [0.1, 0.15) is 13.8 Å². The van der Waals surface area contributed by atoms with Gasteiger partial charge in [0, 0.05) is 5.75 Å². The van der Waals surface area contributed by atoms with Gasteiger partial charge in [-0.2, -0.15) is 12.6 Å². The Kier molecular flexibility index (Phi) is 3.53. The zero-order valence-electron chi connectivity index (χ0n) is 7.28. The molecule has 0 N–H and O–H groups in total. The van der Waals surface area contributed by atoms with Gasteiger partial charge in [-0.25, -0.2) is 4.98 Å². The molecule has 0 saturated heterocycles. The summed E-state index contributed by atoms with van der Waals surface area (Å²) in [4.78, 5) is 4.02. The molecular weight excluding hydrogens is 190 g/mol. The van der Waals surface area contributed by atoms with Crippen molar-refractivity contribution in [2.45, 2.75) is 19.1 Å². The minimum Gasteiger partial charge on any atom is -0.440 e. The second-order valence-electron chi connectivity index (χ2n) is 3.41. The number of aromatic nitrogens is 1. The van der Waals surface area contributed by atoms with Crippen LogP contribution in [-0.4, -0.2) is 16.5 Å². The van der Waals surface area contributed by atoms with Crippen molar-refractivity contribution in [3.63, 3.8) is 0 Å². The molecular formula is C8H13NOS2. The maximum absolute atomic E-state index is 5.10. The van der Waals surface area contributed by atoms with Crippen LogP contribution in [0.3, 0.4) is 0 Å². The summed E-state index contributed by atoms with van der Waals surface area (Å²) in [7, 11) is 0. The van der Waals surface area contributed by atoms with Crippen LogP contribution >= 0.6 is 24.4 Å². The lowest BCUT2D eigenvalue weighted by Gasteiger charge is -2.19. The molecule has 0 amide bonds. The number of thiol groups is 1. The van der Waals surface area contributed by atoms with Gasteiger partial charge in [0.25, 0.3) is 5.22 Å². The summed E-state index contributed by atoms with van der Waals surface area (Å²) >= 11 is 5.90. The van der Waals surface area contributed by atoms with E-state index in [1.807, 2.05) is 0 Å². The second kappa shape index (κ2) is 4.23. The van der Waals surface area contributed by atoms with E-state index in [9.17, 15) is 0 Å². The maximum Gasteiger partial charge on any atom is 0.255 e. The molecule has 2 nitrogen and oxygen atoms in total. The molecule has 0 atom stereocenters. The van der Waals surface area contributed by atoms with Crippen molar-refractivity contribution < 1.29 is 4.42 Å². The third-order valence-electron chi connectivity index (χ3n) is 1.42. The Morgan fingerprint density at radius 2 is 2.42 bits per heavy atom. The highest BCUT2D eigenvalue weighted by Gasteiger charge is 2.16. The molecule has 0 aromatic carbocycles. The van der Waals surface area contributed by atoms with Gasteiger partial charge in [-0.15, -0.1) is 0 Å². The van der Waals surface area contributed by atoms with Crippen molar-refractivity contribution in [1.82, 2.24) is 4.98 Å². The standard InChI is InChI=1S/C8H13NOS2/c1-8(2,5-11)6-12-7-9-3-4-10-7/h3-4,11H,5-6H2,1-2H3. The second-order valence-corrected chi connectivity index (χ2v) is 4.65. The van der Waals surface area contributed by atoms with E-state index in [2.05, 4.69) is 31.5 Å². The van der Waals surface area contributed by atoms with Crippen molar-refractivity contribution in [3.8, 4) is 0 Å². The smallest absolute Gasteiger partial charge is 0.255 e. The van der Waals surface area contributed by atoms with Crippen LogP contribution in [0.15, 0.2) is 22.1 Å². The van der Waals surface area contributed by atoms with Gasteiger partial charge in [0.2, 0.25) is 0 Å². The van der Waals surface area contributed by atoms with E-state index in [0.717, 1.165) is 16.7 Å². The Labute approximate surface area is 82.5 Å². The quantitative estimate of drug-likeness (QED) is 0.602. The summed E-state index contributed by atoms with van der Waals surface area (Å²) in [5.74, 6) is 1.86. The van der Waals surface area contributed by atoms with Crippen molar-refractivity contribution in [2.75, 3.05) is 11.5 Å². The first-order chi connectivity index (χ1) is 5.64. The number of thioether (sulfide) groups is 1. The van der Waals surface area contributed by atoms with Gasteiger partial charge in [0.1, 0.15) is 6.26 Å². The molecule has 1 rings (SSSR count). The van der Waals surface area contributed by atoms with Gasteiger partial charge in [0.15, 0.2) is 0 Å². The Morgan fingerprint density at radius 3 is 2.92 bits per heavy atom. The van der Waals surface area contributed by atoms with E-state index < -0.39 is 0 Å². The molecule has 1 heterocycles. The van der Waals surface area contributed by atoms with E-state index in [1.54, 1.807) is 24.2 Å². The Hall–Kier alpha value is -0.0900. The minimum atomic E-state index is 0.238. The predicted octanol–water partition coefficient (Wildman–Crippen LogP) is 2.72. The molecule has 1 aromatic heterocycles. The molecule has 0 fully saturated rings. The Bertz CT molecular complexity index is 221. The molecule has 1 aromatic rings. The summed E-state index contributed by atoms with van der Waals surface area (Å²) in [6.07, 6.45) is 3.26. The highest BCUT2D eigenvalue weighted by Crippen LogP contribution is 2.27.